The van der Waals surface area contributed by atoms with E-state index in [1.165, 1.54) is 13.0 Å². The van der Waals surface area contributed by atoms with E-state index in [0.717, 1.165) is 16.5 Å². The van der Waals surface area contributed by atoms with E-state index in [4.69, 9.17) is 0 Å². The van der Waals surface area contributed by atoms with Crippen LogP contribution in [-0.4, -0.2) is 33.5 Å². The molecule has 2 fully saturated rings. The summed E-state index contributed by atoms with van der Waals surface area (Å²) in [6, 6.07) is 0.861. The molecule has 2 rings (SSSR count). The molecule has 0 aromatic heterocycles. The second kappa shape index (κ2) is 2.65. The Bertz CT molecular complexity index is 185. The molecule has 2 saturated heterocycles. The molecule has 0 spiro atoms. The first-order valence-electron chi connectivity index (χ1n) is 4.96. The second-order valence-electron chi connectivity index (χ2n) is 4.94. The van der Waals surface area contributed by atoms with Crippen LogP contribution < -0.4 is 0 Å². The molecule has 3 unspecified atom stereocenters. The van der Waals surface area contributed by atoms with E-state index in [2.05, 4.69) is 44.4 Å². The van der Waals surface area contributed by atoms with Crippen molar-refractivity contribution in [3.8, 4) is 0 Å². The van der Waals surface area contributed by atoms with Crippen LogP contribution in [0.15, 0.2) is 0 Å². The smallest absolute Gasteiger partial charge is 0.0338 e. The summed E-state index contributed by atoms with van der Waals surface area (Å²) in [5.74, 6) is 0. The highest BCUT2D eigenvalue weighted by Crippen LogP contribution is 2.53. The maximum absolute atomic E-state index is 2.69. The lowest BCUT2D eigenvalue weighted by molar-refractivity contribution is 0.119. The Morgan fingerprint density at radius 1 is 1.42 bits per heavy atom. The molecular weight excluding hydrogens is 166 g/mol. The van der Waals surface area contributed by atoms with Crippen molar-refractivity contribution in [1.82, 2.24) is 4.90 Å². The zero-order valence-electron chi connectivity index (χ0n) is 8.50. The Hall–Kier alpha value is 0.310. The topological polar surface area (TPSA) is 3.24 Å². The third-order valence-electron chi connectivity index (χ3n) is 3.06. The molecule has 0 aromatic rings. The van der Waals surface area contributed by atoms with Crippen molar-refractivity contribution in [2.24, 2.45) is 0 Å². The van der Waals surface area contributed by atoms with Gasteiger partial charge in [-0.05, 0) is 27.2 Å². The van der Waals surface area contributed by atoms with Crippen LogP contribution in [0.4, 0.5) is 0 Å². The summed E-state index contributed by atoms with van der Waals surface area (Å²) in [7, 11) is 0. The van der Waals surface area contributed by atoms with E-state index in [-0.39, 0.29) is 0 Å². The molecule has 0 saturated carbocycles. The minimum Gasteiger partial charge on any atom is -0.293 e. The van der Waals surface area contributed by atoms with Crippen LogP contribution in [0.2, 0.25) is 0 Å². The van der Waals surface area contributed by atoms with Gasteiger partial charge in [0.05, 0.1) is 0 Å². The minimum atomic E-state index is 0.384. The second-order valence-corrected chi connectivity index (χ2v) is 6.36. The van der Waals surface area contributed by atoms with Gasteiger partial charge in [-0.15, -0.1) is 11.8 Å². The van der Waals surface area contributed by atoms with E-state index in [1.54, 1.807) is 0 Å². The van der Waals surface area contributed by atoms with Crippen molar-refractivity contribution in [3.05, 3.63) is 0 Å². The normalized spacial score (nSPS) is 41.5. The average Bonchev–Trinajstić information content (AvgIpc) is 2.61. The SMILES string of the molecule is CCC1C2SC2CN1C(C)(C)C. The van der Waals surface area contributed by atoms with Crippen LogP contribution in [0.1, 0.15) is 34.1 Å². The molecule has 0 N–H and O–H groups in total. The van der Waals surface area contributed by atoms with Crippen LogP contribution in [0, 0.1) is 0 Å². The molecule has 0 aliphatic carbocycles. The Labute approximate surface area is 79.9 Å². The predicted octanol–water partition coefficient (Wildman–Crippen LogP) is 2.36. The van der Waals surface area contributed by atoms with Gasteiger partial charge in [0.15, 0.2) is 0 Å². The number of fused-ring (bicyclic) bond motifs is 1. The van der Waals surface area contributed by atoms with Gasteiger partial charge in [0.2, 0.25) is 0 Å². The highest BCUT2D eigenvalue weighted by Gasteiger charge is 2.54. The third kappa shape index (κ3) is 1.29. The third-order valence-corrected chi connectivity index (χ3v) is 4.49. The minimum absolute atomic E-state index is 0.384. The van der Waals surface area contributed by atoms with E-state index in [0.29, 0.717) is 5.54 Å². The first-order valence-corrected chi connectivity index (χ1v) is 5.90. The molecule has 0 bridgehead atoms. The molecule has 70 valence electrons. The Morgan fingerprint density at radius 2 is 2.08 bits per heavy atom. The molecule has 3 atom stereocenters. The number of rotatable bonds is 1. The van der Waals surface area contributed by atoms with Gasteiger partial charge in [-0.2, -0.15) is 0 Å². The zero-order valence-corrected chi connectivity index (χ0v) is 9.32. The van der Waals surface area contributed by atoms with Gasteiger partial charge < -0.3 is 0 Å². The number of hydrogen-bond acceptors (Lipinski definition) is 2. The highest BCUT2D eigenvalue weighted by molar-refractivity contribution is 8.07. The van der Waals surface area contributed by atoms with Gasteiger partial charge in [-0.1, -0.05) is 6.92 Å². The summed E-state index contributed by atoms with van der Waals surface area (Å²) in [6.45, 7) is 10.7. The molecule has 0 amide bonds. The number of nitrogens with zero attached hydrogens (tertiary/aromatic N) is 1. The first kappa shape index (κ1) is 8.89. The quantitative estimate of drug-likeness (QED) is 0.577. The summed E-state index contributed by atoms with van der Waals surface area (Å²) in [5, 5.41) is 1.96. The van der Waals surface area contributed by atoms with Crippen molar-refractivity contribution < 1.29 is 0 Å². The highest BCUT2D eigenvalue weighted by atomic mass is 32.2. The lowest BCUT2D eigenvalue weighted by atomic mass is 10.0. The molecule has 0 radical (unpaired) electrons. The van der Waals surface area contributed by atoms with Gasteiger partial charge in [-0.25, -0.2) is 0 Å². The molecule has 2 aliphatic rings. The van der Waals surface area contributed by atoms with Gasteiger partial charge in [0.25, 0.3) is 0 Å². The van der Waals surface area contributed by atoms with Gasteiger partial charge in [0, 0.05) is 28.6 Å². The van der Waals surface area contributed by atoms with E-state index >= 15 is 0 Å². The van der Waals surface area contributed by atoms with Crippen molar-refractivity contribution in [3.63, 3.8) is 0 Å². The summed E-state index contributed by atoms with van der Waals surface area (Å²) < 4.78 is 0. The fraction of sp³-hybridized carbons (Fsp3) is 1.00. The summed E-state index contributed by atoms with van der Waals surface area (Å²) in [5.41, 5.74) is 0.384. The standard InChI is InChI=1S/C10H19NS/c1-5-7-9-8(12-9)6-11(7)10(2,3)4/h7-9H,5-6H2,1-4H3. The molecule has 2 heterocycles. The predicted molar refractivity (Wildman–Crippen MR) is 55.7 cm³/mol. The maximum Gasteiger partial charge on any atom is 0.0338 e. The molecule has 0 aromatic carbocycles. The molecular formula is C10H19NS. The van der Waals surface area contributed by atoms with Crippen molar-refractivity contribution in [1.29, 1.82) is 0 Å². The lowest BCUT2D eigenvalue weighted by Gasteiger charge is -2.38. The van der Waals surface area contributed by atoms with Crippen LogP contribution >= 0.6 is 11.8 Å². The summed E-state index contributed by atoms with van der Waals surface area (Å²) in [4.78, 5) is 2.69. The number of hydrogen-bond donors (Lipinski definition) is 0. The van der Waals surface area contributed by atoms with E-state index in [1.807, 2.05) is 0 Å². The van der Waals surface area contributed by atoms with Crippen LogP contribution in [-0.2, 0) is 0 Å². The molecule has 2 aliphatic heterocycles. The zero-order chi connectivity index (χ0) is 8.93. The molecule has 2 heteroatoms. The fourth-order valence-corrected chi connectivity index (χ4v) is 3.72. The Balaban J connectivity index is 2.08. The van der Waals surface area contributed by atoms with Gasteiger partial charge in [-0.3, -0.25) is 4.90 Å². The van der Waals surface area contributed by atoms with E-state index < -0.39 is 0 Å². The van der Waals surface area contributed by atoms with Crippen LogP contribution in [0.25, 0.3) is 0 Å². The first-order chi connectivity index (χ1) is 5.54. The largest absolute Gasteiger partial charge is 0.293 e. The monoisotopic (exact) mass is 185 g/mol. The van der Waals surface area contributed by atoms with Crippen molar-refractivity contribution in [2.75, 3.05) is 6.54 Å². The summed E-state index contributed by atoms with van der Waals surface area (Å²) >= 11 is 2.19. The Morgan fingerprint density at radius 3 is 2.50 bits per heavy atom. The fourth-order valence-electron chi connectivity index (χ4n) is 2.37. The Kier molecular flexibility index (Phi) is 1.96. The van der Waals surface area contributed by atoms with E-state index in [9.17, 15) is 0 Å². The van der Waals surface area contributed by atoms with Crippen LogP contribution in [0.5, 0.6) is 0 Å². The van der Waals surface area contributed by atoms with Crippen molar-refractivity contribution >= 4 is 11.8 Å². The molecule has 12 heavy (non-hydrogen) atoms. The lowest BCUT2D eigenvalue weighted by Crippen LogP contribution is -2.46. The summed E-state index contributed by atoms with van der Waals surface area (Å²) in [6.07, 6.45) is 1.32. The van der Waals surface area contributed by atoms with Crippen LogP contribution in [0.3, 0.4) is 0 Å². The molecule has 1 nitrogen and oxygen atoms in total. The van der Waals surface area contributed by atoms with Crippen molar-refractivity contribution in [2.45, 2.75) is 56.2 Å². The number of thioether (sulfide) groups is 1. The average molecular weight is 185 g/mol. The number of likely N-dealkylation sites (tertiary alicyclic amines) is 1. The van der Waals surface area contributed by atoms with Gasteiger partial charge >= 0.3 is 0 Å². The maximum atomic E-state index is 2.69. The van der Waals surface area contributed by atoms with Gasteiger partial charge in [0.1, 0.15) is 0 Å².